The molecule has 0 aliphatic rings. The number of esters is 1. The van der Waals surface area contributed by atoms with Gasteiger partial charge < -0.3 is 14.0 Å². The number of carbonyl (C=O) groups is 1. The maximum Gasteiger partial charge on any atom is 0.338 e. The summed E-state index contributed by atoms with van der Waals surface area (Å²) in [6, 6.07) is 3.45. The fourth-order valence-electron chi connectivity index (χ4n) is 2.14. The lowest BCUT2D eigenvalue weighted by molar-refractivity contribution is 0.0600. The van der Waals surface area contributed by atoms with E-state index in [9.17, 15) is 4.79 Å². The lowest BCUT2D eigenvalue weighted by Gasteiger charge is -2.05. The lowest BCUT2D eigenvalue weighted by Crippen LogP contribution is -2.02. The van der Waals surface area contributed by atoms with Gasteiger partial charge in [-0.2, -0.15) is 0 Å². The summed E-state index contributed by atoms with van der Waals surface area (Å²) in [5, 5.41) is 0. The van der Waals surface area contributed by atoms with Gasteiger partial charge in [-0.1, -0.05) is 6.92 Å². The van der Waals surface area contributed by atoms with Gasteiger partial charge in [0.25, 0.3) is 0 Å². The minimum Gasteiger partial charge on any atom is -0.494 e. The Balaban J connectivity index is 2.67. The van der Waals surface area contributed by atoms with Crippen molar-refractivity contribution in [2.24, 2.45) is 7.05 Å². The fourth-order valence-corrected chi connectivity index (χ4v) is 2.14. The Kier molecular flexibility index (Phi) is 3.74. The quantitative estimate of drug-likeness (QED) is 0.793. The van der Waals surface area contributed by atoms with Gasteiger partial charge in [0.1, 0.15) is 17.1 Å². The fraction of sp³-hybridized carbons (Fsp3) is 0.429. The topological polar surface area (TPSA) is 53.4 Å². The van der Waals surface area contributed by atoms with E-state index in [0.717, 1.165) is 29.7 Å². The second-order valence-electron chi connectivity index (χ2n) is 4.37. The Morgan fingerprint density at radius 3 is 2.68 bits per heavy atom. The summed E-state index contributed by atoms with van der Waals surface area (Å²) < 4.78 is 12.1. The largest absolute Gasteiger partial charge is 0.494 e. The van der Waals surface area contributed by atoms with E-state index in [1.54, 1.807) is 19.2 Å². The summed E-state index contributed by atoms with van der Waals surface area (Å²) >= 11 is 0. The number of fused-ring (bicyclic) bond motifs is 1. The number of carbonyl (C=O) groups excluding carboxylic acids is 1. The summed E-state index contributed by atoms with van der Waals surface area (Å²) in [4.78, 5) is 16.2. The molecule has 0 saturated heterocycles. The highest BCUT2D eigenvalue weighted by molar-refractivity contribution is 5.96. The molecule has 1 aromatic heterocycles. The van der Waals surface area contributed by atoms with Crippen molar-refractivity contribution in [3.63, 3.8) is 0 Å². The second kappa shape index (κ2) is 5.30. The van der Waals surface area contributed by atoms with Crippen LogP contribution in [-0.4, -0.2) is 29.7 Å². The van der Waals surface area contributed by atoms with Gasteiger partial charge in [-0.05, 0) is 18.6 Å². The first-order valence-corrected chi connectivity index (χ1v) is 6.24. The number of hydrogen-bond acceptors (Lipinski definition) is 4. The highest BCUT2D eigenvalue weighted by Crippen LogP contribution is 2.28. The van der Waals surface area contributed by atoms with Gasteiger partial charge in [-0.3, -0.25) is 0 Å². The second-order valence-corrected chi connectivity index (χ2v) is 4.37. The van der Waals surface area contributed by atoms with E-state index < -0.39 is 0 Å². The molecule has 0 fully saturated rings. The number of aromatic nitrogens is 2. The molecule has 0 saturated carbocycles. The van der Waals surface area contributed by atoms with E-state index in [1.165, 1.54) is 7.11 Å². The molecule has 0 spiro atoms. The molecule has 0 aliphatic heterocycles. The Labute approximate surface area is 112 Å². The van der Waals surface area contributed by atoms with Crippen LogP contribution >= 0.6 is 0 Å². The molecule has 2 aromatic rings. The molecule has 102 valence electrons. The van der Waals surface area contributed by atoms with Crippen LogP contribution in [0.1, 0.15) is 29.5 Å². The molecular weight excluding hydrogens is 244 g/mol. The normalized spacial score (nSPS) is 10.7. The molecule has 0 bridgehead atoms. The molecule has 0 atom stereocenters. The number of benzene rings is 1. The van der Waals surface area contributed by atoms with Gasteiger partial charge in [-0.15, -0.1) is 0 Å². The Hall–Kier alpha value is -2.04. The Morgan fingerprint density at radius 2 is 2.11 bits per heavy atom. The van der Waals surface area contributed by atoms with Crippen molar-refractivity contribution >= 4 is 17.0 Å². The van der Waals surface area contributed by atoms with E-state index >= 15 is 0 Å². The highest BCUT2D eigenvalue weighted by Gasteiger charge is 2.16. The molecule has 0 radical (unpaired) electrons. The number of aryl methyl sites for hydroxylation is 2. The Morgan fingerprint density at radius 1 is 1.37 bits per heavy atom. The lowest BCUT2D eigenvalue weighted by atomic mass is 10.2. The summed E-state index contributed by atoms with van der Waals surface area (Å²) in [6.45, 7) is 2.11. The molecule has 0 amide bonds. The van der Waals surface area contributed by atoms with Crippen molar-refractivity contribution in [1.82, 2.24) is 9.55 Å². The van der Waals surface area contributed by atoms with Crippen LogP contribution < -0.4 is 4.74 Å². The van der Waals surface area contributed by atoms with Gasteiger partial charge in [0.2, 0.25) is 0 Å². The molecule has 0 aliphatic carbocycles. The maximum absolute atomic E-state index is 11.7. The predicted octanol–water partition coefficient (Wildman–Crippen LogP) is 2.32. The third-order valence-corrected chi connectivity index (χ3v) is 3.16. The van der Waals surface area contributed by atoms with Gasteiger partial charge in [0.15, 0.2) is 0 Å². The molecule has 0 unspecified atom stereocenters. The summed E-state index contributed by atoms with van der Waals surface area (Å²) in [7, 11) is 4.88. The number of methoxy groups -OCH3 is 2. The summed E-state index contributed by atoms with van der Waals surface area (Å²) in [5.41, 5.74) is 2.13. The predicted molar refractivity (Wildman–Crippen MR) is 72.6 cm³/mol. The van der Waals surface area contributed by atoms with Crippen molar-refractivity contribution < 1.29 is 14.3 Å². The van der Waals surface area contributed by atoms with E-state index in [1.807, 2.05) is 11.6 Å². The van der Waals surface area contributed by atoms with Gasteiger partial charge in [0, 0.05) is 13.5 Å². The molecule has 1 heterocycles. The van der Waals surface area contributed by atoms with Gasteiger partial charge in [-0.25, -0.2) is 9.78 Å². The first kappa shape index (κ1) is 13.4. The molecule has 5 nitrogen and oxygen atoms in total. The average molecular weight is 262 g/mol. The monoisotopic (exact) mass is 262 g/mol. The van der Waals surface area contributed by atoms with Crippen LogP contribution in [0.5, 0.6) is 5.75 Å². The molecule has 19 heavy (non-hydrogen) atoms. The first-order chi connectivity index (χ1) is 9.12. The molecule has 5 heteroatoms. The zero-order valence-corrected chi connectivity index (χ0v) is 11.7. The van der Waals surface area contributed by atoms with Crippen molar-refractivity contribution in [2.75, 3.05) is 14.2 Å². The number of imidazole rings is 1. The summed E-state index contributed by atoms with van der Waals surface area (Å²) in [5.74, 6) is 1.20. The number of nitrogens with zero attached hydrogens (tertiary/aromatic N) is 2. The third kappa shape index (κ3) is 2.28. The zero-order chi connectivity index (χ0) is 14.0. The van der Waals surface area contributed by atoms with E-state index in [-0.39, 0.29) is 5.97 Å². The average Bonchev–Trinajstić information content (AvgIpc) is 2.74. The van der Waals surface area contributed by atoms with Gasteiger partial charge >= 0.3 is 5.97 Å². The van der Waals surface area contributed by atoms with Crippen molar-refractivity contribution in [3.8, 4) is 5.75 Å². The van der Waals surface area contributed by atoms with E-state index in [2.05, 4.69) is 11.9 Å². The molecule has 1 aromatic carbocycles. The van der Waals surface area contributed by atoms with Crippen LogP contribution in [0.15, 0.2) is 12.1 Å². The number of ether oxygens (including phenoxy) is 2. The van der Waals surface area contributed by atoms with Crippen molar-refractivity contribution in [1.29, 1.82) is 0 Å². The van der Waals surface area contributed by atoms with Crippen LogP contribution in [-0.2, 0) is 18.2 Å². The third-order valence-electron chi connectivity index (χ3n) is 3.16. The number of rotatable bonds is 4. The molecular formula is C14H18N2O3. The van der Waals surface area contributed by atoms with Crippen LogP contribution in [0.3, 0.4) is 0 Å². The van der Waals surface area contributed by atoms with Crippen molar-refractivity contribution in [2.45, 2.75) is 19.8 Å². The van der Waals surface area contributed by atoms with Gasteiger partial charge in [0.05, 0.1) is 25.3 Å². The first-order valence-electron chi connectivity index (χ1n) is 6.24. The van der Waals surface area contributed by atoms with Crippen molar-refractivity contribution in [3.05, 3.63) is 23.5 Å². The number of hydrogen-bond donors (Lipinski definition) is 0. The SMILES string of the molecule is CCCc1nc2c(OC)cc(C(=O)OC)cc2n1C. The minimum atomic E-state index is -0.376. The molecule has 2 rings (SSSR count). The maximum atomic E-state index is 11.7. The molecule has 0 N–H and O–H groups in total. The van der Waals surface area contributed by atoms with E-state index in [0.29, 0.717) is 11.3 Å². The standard InChI is InChI=1S/C14H18N2O3/c1-5-6-12-15-13-10(16(12)2)7-9(14(17)19-4)8-11(13)18-3/h7-8H,5-6H2,1-4H3. The minimum absolute atomic E-state index is 0.376. The van der Waals surface area contributed by atoms with Crippen LogP contribution in [0.4, 0.5) is 0 Å². The Bertz CT molecular complexity index is 617. The van der Waals surface area contributed by atoms with Crippen LogP contribution in [0.25, 0.3) is 11.0 Å². The highest BCUT2D eigenvalue weighted by atomic mass is 16.5. The zero-order valence-electron chi connectivity index (χ0n) is 11.7. The van der Waals surface area contributed by atoms with Crippen LogP contribution in [0.2, 0.25) is 0 Å². The smallest absolute Gasteiger partial charge is 0.338 e. The summed E-state index contributed by atoms with van der Waals surface area (Å²) in [6.07, 6.45) is 1.91. The van der Waals surface area contributed by atoms with Crippen LogP contribution in [0, 0.1) is 0 Å². The van der Waals surface area contributed by atoms with E-state index in [4.69, 9.17) is 9.47 Å².